The summed E-state index contributed by atoms with van der Waals surface area (Å²) in [5.74, 6) is -0.0155. The predicted octanol–water partition coefficient (Wildman–Crippen LogP) is 24.7. The molecule has 0 spiro atoms. The summed E-state index contributed by atoms with van der Waals surface area (Å²) in [6, 6.07) is -0.546. The minimum absolute atomic E-state index is 0.0184. The fourth-order valence-corrected chi connectivity index (χ4v) is 12.3. The Morgan fingerprint density at radius 2 is 0.573 bits per heavy atom. The average Bonchev–Trinajstić information content (AvgIpc) is 3.48. The molecule has 2 atom stereocenters. The number of rotatable bonds is 72. The zero-order chi connectivity index (χ0) is 59.2. The van der Waals surface area contributed by atoms with Crippen molar-refractivity contribution in [2.75, 3.05) is 13.2 Å². The van der Waals surface area contributed by atoms with Crippen molar-refractivity contribution in [3.63, 3.8) is 0 Å². The maximum atomic E-state index is 12.6. The van der Waals surface area contributed by atoms with E-state index in [1.165, 1.54) is 366 Å². The Labute approximate surface area is 514 Å². The fourth-order valence-electron chi connectivity index (χ4n) is 12.3. The number of unbranched alkanes of at least 4 members (excludes halogenated alkanes) is 59. The lowest BCUT2D eigenvalue weighted by atomic mass is 10.0. The predicted molar refractivity (Wildman–Crippen MR) is 361 cm³/mol. The van der Waals surface area contributed by atoms with Crippen LogP contribution >= 0.6 is 0 Å². The van der Waals surface area contributed by atoms with Gasteiger partial charge in [0.2, 0.25) is 5.91 Å². The van der Waals surface area contributed by atoms with E-state index >= 15 is 0 Å². The first kappa shape index (κ1) is 80.6. The third-order valence-corrected chi connectivity index (χ3v) is 18.1. The highest BCUT2D eigenvalue weighted by Crippen LogP contribution is 2.20. The first-order chi connectivity index (χ1) is 40.5. The van der Waals surface area contributed by atoms with Crippen LogP contribution in [0.4, 0.5) is 0 Å². The molecule has 1 amide bonds. The number of ether oxygens (including phenoxy) is 1. The summed E-state index contributed by atoms with van der Waals surface area (Å²) in [6.45, 7) is 5.01. The summed E-state index contributed by atoms with van der Waals surface area (Å²) in [5, 5.41) is 23.4. The number of carbonyl (C=O) groups is 2. The first-order valence-corrected chi connectivity index (χ1v) is 37.9. The Morgan fingerprint density at radius 3 is 0.866 bits per heavy atom. The van der Waals surface area contributed by atoms with Crippen molar-refractivity contribution in [1.82, 2.24) is 5.32 Å². The zero-order valence-corrected chi connectivity index (χ0v) is 56.0. The number of esters is 1. The molecule has 0 aromatic heterocycles. The van der Waals surface area contributed by atoms with Crippen LogP contribution in [0, 0.1) is 0 Å². The van der Waals surface area contributed by atoms with Crippen LogP contribution in [0.1, 0.15) is 438 Å². The Bertz CT molecular complexity index is 1240. The highest BCUT2D eigenvalue weighted by atomic mass is 16.5. The van der Waals surface area contributed by atoms with Gasteiger partial charge in [-0.05, 0) is 51.4 Å². The average molecular weight is 1160 g/mol. The van der Waals surface area contributed by atoms with Gasteiger partial charge in [-0.25, -0.2) is 0 Å². The molecule has 6 heteroatoms. The van der Waals surface area contributed by atoms with Gasteiger partial charge in [0.1, 0.15) is 0 Å². The van der Waals surface area contributed by atoms with E-state index in [1.807, 2.05) is 0 Å². The van der Waals surface area contributed by atoms with Gasteiger partial charge in [0, 0.05) is 12.8 Å². The molecule has 6 nitrogen and oxygen atoms in total. The lowest BCUT2D eigenvalue weighted by Gasteiger charge is -2.22. The molecule has 0 rings (SSSR count). The standard InChI is InChI=1S/C76H149NO5/c1-3-5-7-9-11-13-15-17-19-21-23-24-27-30-33-36-40-44-48-52-56-60-64-68-74(79)73(72-78)77-75(80)69-65-61-57-53-49-45-41-37-34-31-28-25-26-29-32-35-39-43-47-51-55-59-63-67-71-82-76(81)70-66-62-58-54-50-46-42-38-22-20-18-16-14-12-10-8-6-4-2/h28,31,73-74,78-79H,3-27,29-30,32-72H2,1-2H3,(H,77,80)/b31-28-. The Kier molecular flexibility index (Phi) is 70.8. The second kappa shape index (κ2) is 72.1. The van der Waals surface area contributed by atoms with E-state index in [0.29, 0.717) is 25.9 Å². The lowest BCUT2D eigenvalue weighted by molar-refractivity contribution is -0.143. The molecule has 0 bridgehead atoms. The molecule has 0 saturated heterocycles. The minimum atomic E-state index is -0.668. The van der Waals surface area contributed by atoms with Crippen molar-refractivity contribution < 1.29 is 24.5 Å². The molecule has 0 saturated carbocycles. The summed E-state index contributed by atoms with van der Waals surface area (Å²) < 4.78 is 5.51. The monoisotopic (exact) mass is 1160 g/mol. The summed E-state index contributed by atoms with van der Waals surface area (Å²) >= 11 is 0. The number of aliphatic hydroxyl groups is 2. The Balaban J connectivity index is 3.38. The highest BCUT2D eigenvalue weighted by Gasteiger charge is 2.20. The highest BCUT2D eigenvalue weighted by molar-refractivity contribution is 5.76. The van der Waals surface area contributed by atoms with E-state index in [9.17, 15) is 19.8 Å². The van der Waals surface area contributed by atoms with Crippen LogP contribution in [0.15, 0.2) is 12.2 Å². The third kappa shape index (κ3) is 67.7. The summed E-state index contributed by atoms with van der Waals surface area (Å²) in [7, 11) is 0. The second-order valence-electron chi connectivity index (χ2n) is 26.3. The molecule has 0 aliphatic rings. The SMILES string of the molecule is CCCCCCCCCCCCCCCCCCCCCCCCCC(O)C(CO)NC(=O)CCCCCCCCCC/C=C\CCCCCCCCCCCCCCOC(=O)CCCCCCCCCCCCCCCCCCCC. The molecular formula is C76H149NO5. The van der Waals surface area contributed by atoms with Crippen LogP contribution in [-0.4, -0.2) is 47.4 Å². The van der Waals surface area contributed by atoms with E-state index in [2.05, 4.69) is 31.3 Å². The molecule has 0 aliphatic heterocycles. The summed E-state index contributed by atoms with van der Waals surface area (Å²) in [5.41, 5.74) is 0. The van der Waals surface area contributed by atoms with Gasteiger partial charge in [-0.3, -0.25) is 9.59 Å². The number of aliphatic hydroxyl groups excluding tert-OH is 2. The lowest BCUT2D eigenvalue weighted by Crippen LogP contribution is -2.45. The minimum Gasteiger partial charge on any atom is -0.466 e. The second-order valence-corrected chi connectivity index (χ2v) is 26.3. The molecule has 2 unspecified atom stereocenters. The maximum absolute atomic E-state index is 12.6. The molecule has 0 aromatic carbocycles. The first-order valence-electron chi connectivity index (χ1n) is 37.9. The van der Waals surface area contributed by atoms with Crippen LogP contribution < -0.4 is 5.32 Å². The van der Waals surface area contributed by atoms with Crippen LogP contribution in [0.3, 0.4) is 0 Å². The molecule has 488 valence electrons. The molecule has 0 aromatic rings. The number of amides is 1. The maximum Gasteiger partial charge on any atom is 0.305 e. The van der Waals surface area contributed by atoms with Gasteiger partial charge >= 0.3 is 5.97 Å². The summed E-state index contributed by atoms with van der Waals surface area (Å²) in [6.07, 6.45) is 89.9. The Morgan fingerprint density at radius 1 is 0.329 bits per heavy atom. The molecule has 0 heterocycles. The topological polar surface area (TPSA) is 95.9 Å². The molecule has 0 fully saturated rings. The number of allylic oxidation sites excluding steroid dienone is 2. The van der Waals surface area contributed by atoms with Crippen molar-refractivity contribution >= 4 is 11.9 Å². The van der Waals surface area contributed by atoms with E-state index in [4.69, 9.17) is 4.74 Å². The zero-order valence-electron chi connectivity index (χ0n) is 56.0. The number of nitrogens with one attached hydrogen (secondary N) is 1. The van der Waals surface area contributed by atoms with Gasteiger partial charge in [0.25, 0.3) is 0 Å². The molecule has 0 radical (unpaired) electrons. The molecule has 3 N–H and O–H groups in total. The van der Waals surface area contributed by atoms with Crippen molar-refractivity contribution in [2.45, 2.75) is 450 Å². The Hall–Kier alpha value is -1.40. The van der Waals surface area contributed by atoms with Crippen LogP contribution in [-0.2, 0) is 14.3 Å². The van der Waals surface area contributed by atoms with Gasteiger partial charge in [-0.15, -0.1) is 0 Å². The van der Waals surface area contributed by atoms with Gasteiger partial charge in [0.05, 0.1) is 25.4 Å². The normalized spacial score (nSPS) is 12.5. The van der Waals surface area contributed by atoms with Gasteiger partial charge in [-0.1, -0.05) is 386 Å². The van der Waals surface area contributed by atoms with Crippen molar-refractivity contribution in [3.8, 4) is 0 Å². The van der Waals surface area contributed by atoms with E-state index in [-0.39, 0.29) is 18.5 Å². The van der Waals surface area contributed by atoms with Crippen molar-refractivity contribution in [1.29, 1.82) is 0 Å². The van der Waals surface area contributed by atoms with Crippen LogP contribution in [0.25, 0.3) is 0 Å². The van der Waals surface area contributed by atoms with Gasteiger partial charge < -0.3 is 20.3 Å². The number of carbonyl (C=O) groups excluding carboxylic acids is 2. The van der Waals surface area contributed by atoms with Crippen molar-refractivity contribution in [3.05, 3.63) is 12.2 Å². The third-order valence-electron chi connectivity index (χ3n) is 18.1. The number of hydrogen-bond acceptors (Lipinski definition) is 5. The molecule has 0 aliphatic carbocycles. The van der Waals surface area contributed by atoms with Gasteiger partial charge in [-0.2, -0.15) is 0 Å². The summed E-state index contributed by atoms with van der Waals surface area (Å²) in [4.78, 5) is 24.7. The van der Waals surface area contributed by atoms with Gasteiger partial charge in [0.15, 0.2) is 0 Å². The van der Waals surface area contributed by atoms with E-state index in [1.54, 1.807) is 0 Å². The van der Waals surface area contributed by atoms with Crippen molar-refractivity contribution in [2.24, 2.45) is 0 Å². The fraction of sp³-hybridized carbons (Fsp3) is 0.947. The largest absolute Gasteiger partial charge is 0.466 e. The number of hydrogen-bond donors (Lipinski definition) is 3. The van der Waals surface area contributed by atoms with E-state index in [0.717, 1.165) is 38.5 Å². The smallest absolute Gasteiger partial charge is 0.305 e. The van der Waals surface area contributed by atoms with Crippen LogP contribution in [0.2, 0.25) is 0 Å². The quantitative estimate of drug-likeness (QED) is 0.0320. The van der Waals surface area contributed by atoms with E-state index < -0.39 is 12.1 Å². The molecule has 82 heavy (non-hydrogen) atoms. The molecular weight excluding hydrogens is 1010 g/mol. The van der Waals surface area contributed by atoms with Crippen LogP contribution in [0.5, 0.6) is 0 Å².